The van der Waals surface area contributed by atoms with Gasteiger partial charge in [0.25, 0.3) is 0 Å². The lowest BCUT2D eigenvalue weighted by molar-refractivity contribution is -0.138. The van der Waals surface area contributed by atoms with Gasteiger partial charge in [0.2, 0.25) is 0 Å². The van der Waals surface area contributed by atoms with E-state index in [4.69, 9.17) is 5.11 Å². The van der Waals surface area contributed by atoms with Crippen LogP contribution in [0.25, 0.3) is 0 Å². The molecule has 1 saturated heterocycles. The van der Waals surface area contributed by atoms with Crippen LogP contribution in [0.15, 0.2) is 0 Å². The topological polar surface area (TPSA) is 49.3 Å². The highest BCUT2D eigenvalue weighted by Gasteiger charge is 2.29. The fourth-order valence-corrected chi connectivity index (χ4v) is 2.39. The molecule has 1 aliphatic rings. The van der Waals surface area contributed by atoms with Crippen molar-refractivity contribution < 1.29 is 9.90 Å². The van der Waals surface area contributed by atoms with Gasteiger partial charge in [-0.3, -0.25) is 4.79 Å². The predicted octanol–water partition coefficient (Wildman–Crippen LogP) is 2.27. The van der Waals surface area contributed by atoms with Crippen molar-refractivity contribution >= 4 is 5.97 Å². The molecule has 0 aliphatic carbocycles. The van der Waals surface area contributed by atoms with Crippen LogP contribution in [0, 0.1) is 11.3 Å². The summed E-state index contributed by atoms with van der Waals surface area (Å²) in [6.45, 7) is 7.67. The molecule has 2 atom stereocenters. The van der Waals surface area contributed by atoms with Gasteiger partial charge >= 0.3 is 5.97 Å². The number of hydrogen-bond acceptors (Lipinski definition) is 2. The summed E-state index contributed by atoms with van der Waals surface area (Å²) >= 11 is 0. The van der Waals surface area contributed by atoms with E-state index in [9.17, 15) is 4.79 Å². The Labute approximate surface area is 92.3 Å². The maximum absolute atomic E-state index is 10.8. The molecule has 0 saturated carbocycles. The fraction of sp³-hybridized carbons (Fsp3) is 0.917. The van der Waals surface area contributed by atoms with E-state index in [2.05, 4.69) is 26.1 Å². The molecule has 0 aromatic carbocycles. The molecule has 0 unspecified atom stereocenters. The first-order valence-electron chi connectivity index (χ1n) is 5.84. The van der Waals surface area contributed by atoms with E-state index in [0.717, 1.165) is 25.8 Å². The van der Waals surface area contributed by atoms with Crippen molar-refractivity contribution in [2.24, 2.45) is 11.3 Å². The molecular weight excluding hydrogens is 190 g/mol. The predicted molar refractivity (Wildman–Crippen MR) is 60.8 cm³/mol. The van der Waals surface area contributed by atoms with Gasteiger partial charge < -0.3 is 10.4 Å². The number of hydrogen-bond donors (Lipinski definition) is 2. The monoisotopic (exact) mass is 213 g/mol. The Bertz CT molecular complexity index is 220. The van der Waals surface area contributed by atoms with Crippen molar-refractivity contribution in [3.63, 3.8) is 0 Å². The Hall–Kier alpha value is -0.570. The lowest BCUT2D eigenvalue weighted by Gasteiger charge is -2.36. The van der Waals surface area contributed by atoms with Crippen LogP contribution >= 0.6 is 0 Å². The van der Waals surface area contributed by atoms with Crippen LogP contribution < -0.4 is 5.32 Å². The highest BCUT2D eigenvalue weighted by atomic mass is 16.4. The zero-order valence-corrected chi connectivity index (χ0v) is 10.0. The van der Waals surface area contributed by atoms with Gasteiger partial charge in [-0.05, 0) is 37.1 Å². The third-order valence-electron chi connectivity index (χ3n) is 3.00. The zero-order chi connectivity index (χ0) is 11.5. The number of piperidine rings is 1. The largest absolute Gasteiger partial charge is 0.481 e. The second kappa shape index (κ2) is 4.97. The van der Waals surface area contributed by atoms with Crippen molar-refractivity contribution in [2.45, 2.75) is 52.5 Å². The summed E-state index contributed by atoms with van der Waals surface area (Å²) in [7, 11) is 0. The maximum Gasteiger partial charge on any atom is 0.303 e. The summed E-state index contributed by atoms with van der Waals surface area (Å²) in [6.07, 6.45) is 3.54. The molecule has 88 valence electrons. The first-order chi connectivity index (χ1) is 6.88. The minimum atomic E-state index is -0.664. The quantitative estimate of drug-likeness (QED) is 0.756. The van der Waals surface area contributed by atoms with E-state index >= 15 is 0 Å². The van der Waals surface area contributed by atoms with Crippen LogP contribution in [-0.2, 0) is 4.79 Å². The lowest BCUT2D eigenvalue weighted by Crippen LogP contribution is -2.44. The molecule has 0 spiro atoms. The van der Waals surface area contributed by atoms with Crippen LogP contribution in [0.5, 0.6) is 0 Å². The van der Waals surface area contributed by atoms with Crippen LogP contribution in [0.2, 0.25) is 0 Å². The lowest BCUT2D eigenvalue weighted by atomic mass is 9.78. The summed E-state index contributed by atoms with van der Waals surface area (Å²) in [6, 6.07) is 0.384. The van der Waals surface area contributed by atoms with Crippen molar-refractivity contribution in [1.29, 1.82) is 0 Å². The zero-order valence-electron chi connectivity index (χ0n) is 10.0. The van der Waals surface area contributed by atoms with Gasteiger partial charge in [0.1, 0.15) is 0 Å². The van der Waals surface area contributed by atoms with E-state index in [-0.39, 0.29) is 5.41 Å². The standard InChI is InChI=1S/C12H23NO2/c1-12(2,3)8-10-9(7-11(14)15)5-4-6-13-10/h9-10,13H,4-8H2,1-3H3,(H,14,15)/t9-,10-/m0/s1. The Kier molecular flexibility index (Phi) is 4.14. The van der Waals surface area contributed by atoms with Gasteiger partial charge in [0.05, 0.1) is 0 Å². The van der Waals surface area contributed by atoms with Gasteiger partial charge in [-0.2, -0.15) is 0 Å². The first kappa shape index (κ1) is 12.5. The number of aliphatic carboxylic acids is 1. The molecule has 2 N–H and O–H groups in total. The molecule has 1 aliphatic heterocycles. The average Bonchev–Trinajstić information content (AvgIpc) is 2.05. The summed E-state index contributed by atoms with van der Waals surface area (Å²) < 4.78 is 0. The summed E-state index contributed by atoms with van der Waals surface area (Å²) in [5.41, 5.74) is 0.270. The molecule has 1 rings (SSSR count). The van der Waals surface area contributed by atoms with Gasteiger partial charge in [-0.1, -0.05) is 20.8 Å². The molecule has 0 amide bonds. The van der Waals surface area contributed by atoms with Crippen molar-refractivity contribution in [1.82, 2.24) is 5.32 Å². The molecule has 0 aromatic heterocycles. The number of rotatable bonds is 3. The van der Waals surface area contributed by atoms with E-state index in [1.165, 1.54) is 0 Å². The Morgan fingerprint density at radius 2 is 2.13 bits per heavy atom. The van der Waals surface area contributed by atoms with Crippen LogP contribution in [-0.4, -0.2) is 23.7 Å². The molecular formula is C12H23NO2. The summed E-state index contributed by atoms with van der Waals surface area (Å²) in [5.74, 6) is -0.349. The molecule has 0 radical (unpaired) electrons. The van der Waals surface area contributed by atoms with Gasteiger partial charge in [0, 0.05) is 12.5 Å². The number of carboxylic acid groups (broad SMARTS) is 1. The molecule has 3 nitrogen and oxygen atoms in total. The number of carboxylic acids is 1. The van der Waals surface area contributed by atoms with E-state index in [0.29, 0.717) is 18.4 Å². The maximum atomic E-state index is 10.8. The highest BCUT2D eigenvalue weighted by molar-refractivity contribution is 5.67. The minimum absolute atomic E-state index is 0.270. The molecule has 1 heterocycles. The van der Waals surface area contributed by atoms with E-state index in [1.54, 1.807) is 0 Å². The van der Waals surface area contributed by atoms with Gasteiger partial charge in [-0.15, -0.1) is 0 Å². The first-order valence-corrected chi connectivity index (χ1v) is 5.84. The van der Waals surface area contributed by atoms with E-state index in [1.807, 2.05) is 0 Å². The van der Waals surface area contributed by atoms with Crippen LogP contribution in [0.4, 0.5) is 0 Å². The second-order valence-electron chi connectivity index (χ2n) is 5.83. The van der Waals surface area contributed by atoms with Crippen molar-refractivity contribution in [3.05, 3.63) is 0 Å². The molecule has 0 bridgehead atoms. The van der Waals surface area contributed by atoms with Crippen LogP contribution in [0.1, 0.15) is 46.5 Å². The second-order valence-corrected chi connectivity index (χ2v) is 5.83. The molecule has 3 heteroatoms. The van der Waals surface area contributed by atoms with Crippen molar-refractivity contribution in [3.8, 4) is 0 Å². The fourth-order valence-electron chi connectivity index (χ4n) is 2.39. The van der Waals surface area contributed by atoms with Crippen LogP contribution in [0.3, 0.4) is 0 Å². The normalized spacial score (nSPS) is 27.7. The van der Waals surface area contributed by atoms with Gasteiger partial charge in [-0.25, -0.2) is 0 Å². The van der Waals surface area contributed by atoms with E-state index < -0.39 is 5.97 Å². The Morgan fingerprint density at radius 1 is 1.47 bits per heavy atom. The van der Waals surface area contributed by atoms with Crippen molar-refractivity contribution in [2.75, 3.05) is 6.54 Å². The smallest absolute Gasteiger partial charge is 0.303 e. The molecule has 0 aromatic rings. The molecule has 15 heavy (non-hydrogen) atoms. The van der Waals surface area contributed by atoms with Gasteiger partial charge in [0.15, 0.2) is 0 Å². The third-order valence-corrected chi connectivity index (χ3v) is 3.00. The number of carbonyl (C=O) groups is 1. The average molecular weight is 213 g/mol. The Morgan fingerprint density at radius 3 is 2.67 bits per heavy atom. The SMILES string of the molecule is CC(C)(C)C[C@@H]1NCCC[C@H]1CC(=O)O. The summed E-state index contributed by atoms with van der Waals surface area (Å²) in [5, 5.41) is 12.3. The number of nitrogens with one attached hydrogen (secondary N) is 1. The molecule has 1 fully saturated rings. The third kappa shape index (κ3) is 4.65. The summed E-state index contributed by atoms with van der Waals surface area (Å²) in [4.78, 5) is 10.8. The Balaban J connectivity index is 2.53. The minimum Gasteiger partial charge on any atom is -0.481 e. The highest BCUT2D eigenvalue weighted by Crippen LogP contribution is 2.29.